The number of nitrogens with zero attached hydrogens (tertiary/aromatic N) is 1. The van der Waals surface area contributed by atoms with E-state index in [0.29, 0.717) is 16.5 Å². The van der Waals surface area contributed by atoms with Crippen LogP contribution in [0.15, 0.2) is 88.3 Å². The number of benzene rings is 3. The summed E-state index contributed by atoms with van der Waals surface area (Å²) < 4.78 is 11.1. The maximum atomic E-state index is 12.8. The first kappa shape index (κ1) is 23.0. The molecule has 0 spiro atoms. The smallest absolute Gasteiger partial charge is 0.277 e. The molecule has 0 saturated carbocycles. The van der Waals surface area contributed by atoms with Gasteiger partial charge in [0.25, 0.3) is 5.91 Å². The monoisotopic (exact) mass is 478 g/mol. The van der Waals surface area contributed by atoms with Crippen molar-refractivity contribution in [2.24, 2.45) is 0 Å². The van der Waals surface area contributed by atoms with Gasteiger partial charge in [-0.1, -0.05) is 41.0 Å². The molecule has 0 unspecified atom stereocenters. The van der Waals surface area contributed by atoms with Crippen molar-refractivity contribution < 1.29 is 14.1 Å². The molecule has 168 valence electrons. The lowest BCUT2D eigenvalue weighted by Gasteiger charge is -2.10. The quantitative estimate of drug-likeness (QED) is 0.268. The maximum Gasteiger partial charge on any atom is 0.277 e. The molecule has 0 radical (unpaired) electrons. The molecule has 0 bridgehead atoms. The molecule has 0 aliphatic carbocycles. The summed E-state index contributed by atoms with van der Waals surface area (Å²) in [5.41, 5.74) is 2.85. The van der Waals surface area contributed by atoms with Crippen LogP contribution >= 0.6 is 23.4 Å². The number of carbonyl (C=O) groups excluding carboxylic acids is 1. The molecule has 1 heterocycles. The van der Waals surface area contributed by atoms with Gasteiger partial charge >= 0.3 is 0 Å². The molecule has 0 fully saturated rings. The fourth-order valence-corrected chi connectivity index (χ4v) is 4.32. The molecule has 33 heavy (non-hydrogen) atoms. The van der Waals surface area contributed by atoms with E-state index in [9.17, 15) is 4.79 Å². The molecule has 0 aliphatic rings. The number of halogens is 1. The summed E-state index contributed by atoms with van der Waals surface area (Å²) >= 11 is 7.70. The van der Waals surface area contributed by atoms with E-state index in [0.717, 1.165) is 27.5 Å². The largest absolute Gasteiger partial charge is 0.491 e. The van der Waals surface area contributed by atoms with Crippen molar-refractivity contribution in [2.45, 2.75) is 30.6 Å². The van der Waals surface area contributed by atoms with Crippen LogP contribution in [0.1, 0.15) is 29.9 Å². The number of rotatable bonds is 8. The highest BCUT2D eigenvalue weighted by molar-refractivity contribution is 7.98. The van der Waals surface area contributed by atoms with Gasteiger partial charge in [0.2, 0.25) is 0 Å². The van der Waals surface area contributed by atoms with Crippen LogP contribution in [0.3, 0.4) is 0 Å². The number of ether oxygens (including phenoxy) is 1. The molecule has 4 rings (SSSR count). The van der Waals surface area contributed by atoms with E-state index >= 15 is 0 Å². The lowest BCUT2D eigenvalue weighted by Crippen LogP contribution is -2.12. The molecule has 1 aromatic heterocycles. The highest BCUT2D eigenvalue weighted by Crippen LogP contribution is 2.31. The Balaban J connectivity index is 1.43. The van der Waals surface area contributed by atoms with E-state index in [1.807, 2.05) is 86.6 Å². The first-order valence-electron chi connectivity index (χ1n) is 10.5. The number of hydrogen-bond acceptors (Lipinski definition) is 5. The Kier molecular flexibility index (Phi) is 7.37. The summed E-state index contributed by atoms with van der Waals surface area (Å²) in [5.74, 6) is 1.69. The van der Waals surface area contributed by atoms with Crippen molar-refractivity contribution in [2.75, 3.05) is 5.32 Å². The van der Waals surface area contributed by atoms with Gasteiger partial charge in [-0.25, -0.2) is 0 Å². The van der Waals surface area contributed by atoms with Crippen LogP contribution in [0.4, 0.5) is 5.69 Å². The Morgan fingerprint density at radius 1 is 1.06 bits per heavy atom. The number of amides is 1. The topological polar surface area (TPSA) is 64.4 Å². The van der Waals surface area contributed by atoms with E-state index < -0.39 is 0 Å². The number of anilines is 1. The van der Waals surface area contributed by atoms with E-state index in [-0.39, 0.29) is 17.7 Å². The Morgan fingerprint density at radius 2 is 1.85 bits per heavy atom. The van der Waals surface area contributed by atoms with Crippen molar-refractivity contribution in [3.63, 3.8) is 0 Å². The Bertz CT molecular complexity index is 1240. The normalized spacial score (nSPS) is 10.9. The predicted molar refractivity (Wildman–Crippen MR) is 133 cm³/mol. The third-order valence-corrected chi connectivity index (χ3v) is 6.05. The van der Waals surface area contributed by atoms with Gasteiger partial charge < -0.3 is 14.6 Å². The summed E-state index contributed by atoms with van der Waals surface area (Å²) in [6, 6.07) is 24.5. The van der Waals surface area contributed by atoms with Gasteiger partial charge in [0, 0.05) is 27.3 Å². The summed E-state index contributed by atoms with van der Waals surface area (Å²) in [7, 11) is 0. The minimum absolute atomic E-state index is 0.1000. The molecule has 5 nitrogen and oxygen atoms in total. The zero-order chi connectivity index (χ0) is 23.2. The number of aromatic nitrogens is 1. The maximum absolute atomic E-state index is 12.8. The van der Waals surface area contributed by atoms with Crippen molar-refractivity contribution in [3.05, 3.63) is 95.1 Å². The minimum atomic E-state index is -0.333. The standard InChI is InChI=1S/C26H23ClN2O3S/c1-17(2)31-21-12-10-19(11-13-21)24-15-23(29-32-24)26(30)28-22-8-3-4-9-25(22)33-16-18-6-5-7-20(27)14-18/h3-15,17H,16H2,1-2H3,(H,28,30). The average Bonchev–Trinajstić information content (AvgIpc) is 3.29. The van der Waals surface area contributed by atoms with E-state index in [1.165, 1.54) is 0 Å². The van der Waals surface area contributed by atoms with E-state index in [4.69, 9.17) is 20.9 Å². The van der Waals surface area contributed by atoms with Gasteiger partial charge in [-0.05, 0) is 67.9 Å². The molecule has 4 aromatic rings. The number of hydrogen-bond donors (Lipinski definition) is 1. The number of thioether (sulfide) groups is 1. The lowest BCUT2D eigenvalue weighted by molar-refractivity contribution is 0.101. The van der Waals surface area contributed by atoms with Gasteiger partial charge in [-0.15, -0.1) is 11.8 Å². The fourth-order valence-electron chi connectivity index (χ4n) is 3.16. The van der Waals surface area contributed by atoms with Gasteiger partial charge in [0.05, 0.1) is 11.8 Å². The molecule has 3 aromatic carbocycles. The fraction of sp³-hybridized carbons (Fsp3) is 0.154. The van der Waals surface area contributed by atoms with Crippen molar-refractivity contribution >= 4 is 35.0 Å². The molecule has 1 amide bonds. The molecule has 0 saturated heterocycles. The van der Waals surface area contributed by atoms with Gasteiger partial charge in [-0.3, -0.25) is 4.79 Å². The minimum Gasteiger partial charge on any atom is -0.491 e. The Labute approximate surface area is 202 Å². The summed E-state index contributed by atoms with van der Waals surface area (Å²) in [5, 5.41) is 7.60. The Morgan fingerprint density at radius 3 is 2.61 bits per heavy atom. The molecule has 7 heteroatoms. The lowest BCUT2D eigenvalue weighted by atomic mass is 10.1. The summed E-state index contributed by atoms with van der Waals surface area (Å²) in [6.45, 7) is 3.95. The van der Waals surface area contributed by atoms with Gasteiger partial charge in [0.15, 0.2) is 11.5 Å². The van der Waals surface area contributed by atoms with Crippen LogP contribution < -0.4 is 10.1 Å². The van der Waals surface area contributed by atoms with Crippen LogP contribution in [0.2, 0.25) is 5.02 Å². The number of carbonyl (C=O) groups is 1. The SMILES string of the molecule is CC(C)Oc1ccc(-c2cc(C(=O)Nc3ccccc3SCc3cccc(Cl)c3)no2)cc1. The second-order valence-electron chi connectivity index (χ2n) is 7.64. The van der Waals surface area contributed by atoms with Crippen molar-refractivity contribution in [1.29, 1.82) is 0 Å². The zero-order valence-electron chi connectivity index (χ0n) is 18.2. The molecular weight excluding hydrogens is 456 g/mol. The van der Waals surface area contributed by atoms with Crippen LogP contribution in [-0.2, 0) is 5.75 Å². The highest BCUT2D eigenvalue weighted by atomic mass is 35.5. The second-order valence-corrected chi connectivity index (χ2v) is 9.09. The van der Waals surface area contributed by atoms with Crippen molar-refractivity contribution in [3.8, 4) is 17.1 Å². The van der Waals surface area contributed by atoms with Gasteiger partial charge in [-0.2, -0.15) is 0 Å². The summed E-state index contributed by atoms with van der Waals surface area (Å²) in [4.78, 5) is 13.8. The van der Waals surface area contributed by atoms with Crippen LogP contribution in [-0.4, -0.2) is 17.2 Å². The molecule has 0 atom stereocenters. The third-order valence-electron chi connectivity index (χ3n) is 4.67. The molecular formula is C26H23ClN2O3S. The second kappa shape index (κ2) is 10.6. The van der Waals surface area contributed by atoms with Crippen molar-refractivity contribution in [1.82, 2.24) is 5.16 Å². The third kappa shape index (κ3) is 6.18. The van der Waals surface area contributed by atoms with Gasteiger partial charge in [0.1, 0.15) is 5.75 Å². The number of para-hydroxylation sites is 1. The van der Waals surface area contributed by atoms with Crippen LogP contribution in [0.5, 0.6) is 5.75 Å². The predicted octanol–water partition coefficient (Wildman–Crippen LogP) is 7.33. The first-order valence-corrected chi connectivity index (χ1v) is 11.9. The zero-order valence-corrected chi connectivity index (χ0v) is 19.8. The van der Waals surface area contributed by atoms with Crippen LogP contribution in [0.25, 0.3) is 11.3 Å². The van der Waals surface area contributed by atoms with E-state index in [1.54, 1.807) is 17.8 Å². The molecule has 0 aliphatic heterocycles. The average molecular weight is 479 g/mol. The number of nitrogens with one attached hydrogen (secondary N) is 1. The first-order chi connectivity index (χ1) is 16.0. The van der Waals surface area contributed by atoms with Crippen LogP contribution in [0, 0.1) is 0 Å². The summed E-state index contributed by atoms with van der Waals surface area (Å²) in [6.07, 6.45) is 0.1000. The highest BCUT2D eigenvalue weighted by Gasteiger charge is 2.16. The van der Waals surface area contributed by atoms with E-state index in [2.05, 4.69) is 10.5 Å². The molecule has 1 N–H and O–H groups in total. The Hall–Kier alpha value is -3.22.